The van der Waals surface area contributed by atoms with Crippen molar-refractivity contribution in [3.8, 4) is 0 Å². The third-order valence-electron chi connectivity index (χ3n) is 4.91. The Morgan fingerprint density at radius 3 is 2.69 bits per heavy atom. The molecule has 3 N–H and O–H groups in total. The van der Waals surface area contributed by atoms with Gasteiger partial charge < -0.3 is 16.0 Å². The highest BCUT2D eigenvalue weighted by atomic mass is 35.5. The maximum atomic E-state index is 13.9. The molecule has 0 saturated carbocycles. The van der Waals surface area contributed by atoms with E-state index in [1.54, 1.807) is 12.1 Å². The number of carbonyl (C=O) groups is 1. The molecule has 8 heteroatoms. The minimum absolute atomic E-state index is 0.0972. The number of piperidine rings is 1. The molecule has 1 aliphatic heterocycles. The van der Waals surface area contributed by atoms with Gasteiger partial charge in [-0.05, 0) is 44.7 Å². The summed E-state index contributed by atoms with van der Waals surface area (Å²) in [4.78, 5) is 18.6. The van der Waals surface area contributed by atoms with E-state index >= 15 is 0 Å². The van der Waals surface area contributed by atoms with Gasteiger partial charge in [-0.2, -0.15) is 0 Å². The highest BCUT2D eigenvalue weighted by molar-refractivity contribution is 6.31. The molecule has 1 aromatic carbocycles. The van der Waals surface area contributed by atoms with Gasteiger partial charge in [-0.3, -0.25) is 14.7 Å². The van der Waals surface area contributed by atoms with Gasteiger partial charge in [-0.25, -0.2) is 4.39 Å². The molecular weight excluding hydrogens is 393 g/mol. The van der Waals surface area contributed by atoms with Crippen molar-refractivity contribution >= 4 is 23.5 Å². The average Bonchev–Trinajstić information content (AvgIpc) is 2.70. The molecule has 0 spiro atoms. The summed E-state index contributed by atoms with van der Waals surface area (Å²) in [7, 11) is 0. The molecule has 0 aromatic heterocycles. The Morgan fingerprint density at radius 2 is 2.03 bits per heavy atom. The molecule has 1 saturated heterocycles. The first-order valence-electron chi connectivity index (χ1n) is 10.5. The van der Waals surface area contributed by atoms with Crippen LogP contribution in [0.1, 0.15) is 38.7 Å². The minimum atomic E-state index is -0.291. The number of amides is 1. The second-order valence-electron chi connectivity index (χ2n) is 7.26. The molecule has 0 aliphatic carbocycles. The van der Waals surface area contributed by atoms with E-state index in [0.717, 1.165) is 51.4 Å². The van der Waals surface area contributed by atoms with Crippen LogP contribution in [0.5, 0.6) is 0 Å². The van der Waals surface area contributed by atoms with Crippen LogP contribution in [0.15, 0.2) is 23.2 Å². The number of rotatable bonds is 9. The zero-order valence-electron chi connectivity index (χ0n) is 17.4. The van der Waals surface area contributed by atoms with Crippen LogP contribution in [-0.4, -0.2) is 62.1 Å². The summed E-state index contributed by atoms with van der Waals surface area (Å²) in [6.45, 7) is 8.22. The lowest BCUT2D eigenvalue weighted by Gasteiger charge is -2.32. The van der Waals surface area contributed by atoms with E-state index in [-0.39, 0.29) is 11.7 Å². The highest BCUT2D eigenvalue weighted by Crippen LogP contribution is 2.19. The van der Waals surface area contributed by atoms with E-state index in [1.165, 1.54) is 6.07 Å². The number of hydrogen-bond acceptors (Lipinski definition) is 3. The van der Waals surface area contributed by atoms with Crippen LogP contribution < -0.4 is 16.0 Å². The van der Waals surface area contributed by atoms with E-state index in [9.17, 15) is 9.18 Å². The summed E-state index contributed by atoms with van der Waals surface area (Å²) in [5.41, 5.74) is 0.503. The molecule has 29 heavy (non-hydrogen) atoms. The Morgan fingerprint density at radius 1 is 1.28 bits per heavy atom. The van der Waals surface area contributed by atoms with Crippen molar-refractivity contribution in [2.45, 2.75) is 45.6 Å². The number of nitrogens with zero attached hydrogens (tertiary/aromatic N) is 2. The van der Waals surface area contributed by atoms with Crippen LogP contribution in [0.2, 0.25) is 5.02 Å². The molecule has 162 valence electrons. The van der Waals surface area contributed by atoms with Gasteiger partial charge in [-0.15, -0.1) is 0 Å². The van der Waals surface area contributed by atoms with Gasteiger partial charge in [0.15, 0.2) is 5.96 Å². The van der Waals surface area contributed by atoms with E-state index in [0.29, 0.717) is 36.1 Å². The van der Waals surface area contributed by atoms with Gasteiger partial charge in [0.05, 0.1) is 6.54 Å². The Labute approximate surface area is 178 Å². The maximum absolute atomic E-state index is 13.9. The Kier molecular flexibility index (Phi) is 10.2. The number of carbonyl (C=O) groups excluding carboxylic acids is 1. The number of halogens is 2. The molecule has 0 bridgehead atoms. The molecule has 1 heterocycles. The summed E-state index contributed by atoms with van der Waals surface area (Å²) in [6, 6.07) is 5.03. The normalized spacial score (nSPS) is 15.9. The molecule has 1 aromatic rings. The van der Waals surface area contributed by atoms with Gasteiger partial charge in [0.2, 0.25) is 5.91 Å². The largest absolute Gasteiger partial charge is 0.357 e. The summed E-state index contributed by atoms with van der Waals surface area (Å²) in [5.74, 6) is 0.542. The number of guanidine groups is 1. The molecule has 2 rings (SSSR count). The quantitative estimate of drug-likeness (QED) is 0.420. The van der Waals surface area contributed by atoms with Crippen molar-refractivity contribution in [1.29, 1.82) is 0 Å². The van der Waals surface area contributed by atoms with Crippen molar-refractivity contribution in [2.24, 2.45) is 4.99 Å². The molecule has 1 aliphatic rings. The van der Waals surface area contributed by atoms with Gasteiger partial charge >= 0.3 is 0 Å². The lowest BCUT2D eigenvalue weighted by Crippen LogP contribution is -2.50. The third kappa shape index (κ3) is 8.19. The molecule has 0 atom stereocenters. The second-order valence-corrected chi connectivity index (χ2v) is 7.66. The van der Waals surface area contributed by atoms with E-state index < -0.39 is 0 Å². The molecular formula is C21H33ClFN5O. The second kappa shape index (κ2) is 12.6. The van der Waals surface area contributed by atoms with Crippen molar-refractivity contribution in [3.63, 3.8) is 0 Å². The first-order valence-corrected chi connectivity index (χ1v) is 10.9. The Bertz CT molecular complexity index is 657. The molecule has 1 amide bonds. The minimum Gasteiger partial charge on any atom is -0.357 e. The fourth-order valence-corrected chi connectivity index (χ4v) is 3.58. The molecule has 1 fully saturated rings. The number of benzene rings is 1. The lowest BCUT2D eigenvalue weighted by molar-refractivity contribution is -0.122. The van der Waals surface area contributed by atoms with Gasteiger partial charge in [-0.1, -0.05) is 24.6 Å². The van der Waals surface area contributed by atoms with Crippen LogP contribution in [-0.2, 0) is 11.2 Å². The lowest BCUT2D eigenvalue weighted by atomic mass is 10.1. The van der Waals surface area contributed by atoms with Crippen LogP contribution in [0, 0.1) is 5.82 Å². The Balaban J connectivity index is 1.80. The average molecular weight is 426 g/mol. The van der Waals surface area contributed by atoms with Crippen molar-refractivity contribution in [2.75, 3.05) is 39.3 Å². The van der Waals surface area contributed by atoms with Crippen molar-refractivity contribution < 1.29 is 9.18 Å². The van der Waals surface area contributed by atoms with E-state index in [1.807, 2.05) is 13.8 Å². The zero-order chi connectivity index (χ0) is 21.1. The number of likely N-dealkylation sites (tertiary alicyclic amines) is 1. The van der Waals surface area contributed by atoms with Crippen LogP contribution in [0.4, 0.5) is 4.39 Å². The maximum Gasteiger partial charge on any atom is 0.234 e. The van der Waals surface area contributed by atoms with Gasteiger partial charge in [0.25, 0.3) is 0 Å². The smallest absolute Gasteiger partial charge is 0.234 e. The summed E-state index contributed by atoms with van der Waals surface area (Å²) in [5, 5.41) is 10.1. The number of nitrogens with one attached hydrogen (secondary N) is 3. The standard InChI is InChI=1S/C21H33ClFN5O/c1-3-11-25-20(29)15-28-13-9-16(10-14-28)27-21(24-4-2)26-12-8-17-18(22)6-5-7-19(17)23/h5-7,16H,3-4,8-15H2,1-2H3,(H,25,29)(H2,24,26,27). The van der Waals surface area contributed by atoms with E-state index in [2.05, 4.69) is 25.8 Å². The Hall–Kier alpha value is -1.86. The van der Waals surface area contributed by atoms with Crippen molar-refractivity contribution in [1.82, 2.24) is 20.9 Å². The highest BCUT2D eigenvalue weighted by Gasteiger charge is 2.21. The molecule has 6 nitrogen and oxygen atoms in total. The number of hydrogen-bond donors (Lipinski definition) is 3. The fraction of sp³-hybridized carbons (Fsp3) is 0.619. The topological polar surface area (TPSA) is 68.8 Å². The fourth-order valence-electron chi connectivity index (χ4n) is 3.32. The summed E-state index contributed by atoms with van der Waals surface area (Å²) in [6.07, 6.45) is 3.30. The first kappa shape index (κ1) is 23.4. The predicted molar refractivity (Wildman–Crippen MR) is 117 cm³/mol. The van der Waals surface area contributed by atoms with Crippen LogP contribution >= 0.6 is 11.6 Å². The van der Waals surface area contributed by atoms with E-state index in [4.69, 9.17) is 11.6 Å². The van der Waals surface area contributed by atoms with Crippen LogP contribution in [0.3, 0.4) is 0 Å². The van der Waals surface area contributed by atoms with Crippen LogP contribution in [0.25, 0.3) is 0 Å². The molecule has 0 radical (unpaired) electrons. The SMILES string of the molecule is CCCNC(=O)CN1CCC(NC(=NCCc2c(F)cccc2Cl)NCC)CC1. The number of aliphatic imine (C=N–C) groups is 1. The third-order valence-corrected chi connectivity index (χ3v) is 5.26. The van der Waals surface area contributed by atoms with Gasteiger partial charge in [0, 0.05) is 49.4 Å². The summed E-state index contributed by atoms with van der Waals surface area (Å²) >= 11 is 6.09. The first-order chi connectivity index (χ1) is 14.0. The zero-order valence-corrected chi connectivity index (χ0v) is 18.2. The van der Waals surface area contributed by atoms with Gasteiger partial charge in [0.1, 0.15) is 5.82 Å². The van der Waals surface area contributed by atoms with Crippen molar-refractivity contribution in [3.05, 3.63) is 34.6 Å². The molecule has 0 unspecified atom stereocenters. The predicted octanol–water partition coefficient (Wildman–Crippen LogP) is 2.57. The monoisotopic (exact) mass is 425 g/mol. The summed E-state index contributed by atoms with van der Waals surface area (Å²) < 4.78 is 13.9.